The zero-order valence-corrected chi connectivity index (χ0v) is 11.2. The molecule has 0 unspecified atom stereocenters. The maximum absolute atomic E-state index is 4.44. The number of nitrogens with one attached hydrogen (secondary N) is 2. The van der Waals surface area contributed by atoms with Gasteiger partial charge in [0, 0.05) is 24.8 Å². The first-order valence-electron chi connectivity index (χ1n) is 6.59. The van der Waals surface area contributed by atoms with Crippen LogP contribution in [-0.4, -0.2) is 23.1 Å². The number of aromatic nitrogens is 2. The molecule has 0 aliphatic rings. The van der Waals surface area contributed by atoms with Crippen molar-refractivity contribution in [1.29, 1.82) is 0 Å². The smallest absolute Gasteiger partial charge is 0.224 e. The monoisotopic (exact) mass is 236 g/mol. The van der Waals surface area contributed by atoms with Crippen LogP contribution < -0.4 is 10.6 Å². The van der Waals surface area contributed by atoms with Crippen LogP contribution in [0.1, 0.15) is 45.2 Å². The minimum atomic E-state index is 0.727. The molecule has 0 spiro atoms. The third-order valence-electron chi connectivity index (χ3n) is 2.47. The van der Waals surface area contributed by atoms with Crippen LogP contribution in [0.3, 0.4) is 0 Å². The molecule has 4 nitrogen and oxygen atoms in total. The molecule has 1 rings (SSSR count). The van der Waals surface area contributed by atoms with E-state index in [1.807, 2.05) is 13.0 Å². The van der Waals surface area contributed by atoms with Gasteiger partial charge in [-0.2, -0.15) is 4.98 Å². The Kier molecular flexibility index (Phi) is 6.37. The number of aryl methyl sites for hydroxylation is 1. The first-order chi connectivity index (χ1) is 8.26. The van der Waals surface area contributed by atoms with Crippen LogP contribution in [-0.2, 0) is 0 Å². The van der Waals surface area contributed by atoms with E-state index in [2.05, 4.69) is 34.4 Å². The van der Waals surface area contributed by atoms with Gasteiger partial charge in [0.15, 0.2) is 0 Å². The van der Waals surface area contributed by atoms with Gasteiger partial charge in [0.1, 0.15) is 5.82 Å². The van der Waals surface area contributed by atoms with Crippen LogP contribution in [0.15, 0.2) is 6.07 Å². The Labute approximate surface area is 104 Å². The number of hydrogen-bond acceptors (Lipinski definition) is 4. The topological polar surface area (TPSA) is 49.8 Å². The molecule has 0 aromatic carbocycles. The van der Waals surface area contributed by atoms with E-state index in [0.717, 1.165) is 37.0 Å². The van der Waals surface area contributed by atoms with Crippen molar-refractivity contribution < 1.29 is 0 Å². The van der Waals surface area contributed by atoms with Crippen LogP contribution in [0.25, 0.3) is 0 Å². The molecule has 0 saturated heterocycles. The lowest BCUT2D eigenvalue weighted by atomic mass is 10.2. The zero-order valence-electron chi connectivity index (χ0n) is 11.2. The Balaban J connectivity index is 2.50. The first-order valence-corrected chi connectivity index (χ1v) is 6.59. The number of unbranched alkanes of at least 4 members (excludes halogenated alkanes) is 2. The van der Waals surface area contributed by atoms with E-state index in [9.17, 15) is 0 Å². The molecule has 0 amide bonds. The fourth-order valence-electron chi connectivity index (χ4n) is 1.57. The van der Waals surface area contributed by atoms with Gasteiger partial charge in [-0.25, -0.2) is 4.98 Å². The fraction of sp³-hybridized carbons (Fsp3) is 0.692. The van der Waals surface area contributed by atoms with Crippen LogP contribution in [0.5, 0.6) is 0 Å². The standard InChI is InChI=1S/C13H24N4/c1-4-6-7-9-14-12-10-11(3)16-13(17-12)15-8-5-2/h10H,4-9H2,1-3H3,(H2,14,15,16,17). The maximum Gasteiger partial charge on any atom is 0.224 e. The van der Waals surface area contributed by atoms with E-state index in [1.165, 1.54) is 19.3 Å². The predicted octanol–water partition coefficient (Wildman–Crippen LogP) is 3.21. The van der Waals surface area contributed by atoms with Crippen molar-refractivity contribution >= 4 is 11.8 Å². The van der Waals surface area contributed by atoms with Crippen LogP contribution in [0.2, 0.25) is 0 Å². The zero-order chi connectivity index (χ0) is 12.5. The lowest BCUT2D eigenvalue weighted by Gasteiger charge is -2.09. The molecule has 4 heteroatoms. The average molecular weight is 236 g/mol. The average Bonchev–Trinajstić information content (AvgIpc) is 2.31. The molecule has 1 aromatic rings. The molecular formula is C13H24N4. The molecule has 17 heavy (non-hydrogen) atoms. The molecule has 0 radical (unpaired) electrons. The van der Waals surface area contributed by atoms with Crippen molar-refractivity contribution in [1.82, 2.24) is 9.97 Å². The Morgan fingerprint density at radius 2 is 1.82 bits per heavy atom. The highest BCUT2D eigenvalue weighted by molar-refractivity contribution is 5.41. The minimum absolute atomic E-state index is 0.727. The van der Waals surface area contributed by atoms with Crippen molar-refractivity contribution in [3.8, 4) is 0 Å². The number of hydrogen-bond donors (Lipinski definition) is 2. The largest absolute Gasteiger partial charge is 0.370 e. The minimum Gasteiger partial charge on any atom is -0.370 e. The number of anilines is 2. The van der Waals surface area contributed by atoms with Crippen molar-refractivity contribution in [2.24, 2.45) is 0 Å². The third kappa shape index (κ3) is 5.52. The van der Waals surface area contributed by atoms with Crippen LogP contribution in [0.4, 0.5) is 11.8 Å². The summed E-state index contributed by atoms with van der Waals surface area (Å²) in [6.07, 6.45) is 4.78. The molecule has 2 N–H and O–H groups in total. The summed E-state index contributed by atoms with van der Waals surface area (Å²) < 4.78 is 0. The molecular weight excluding hydrogens is 212 g/mol. The van der Waals surface area contributed by atoms with Crippen molar-refractivity contribution in [2.75, 3.05) is 23.7 Å². The van der Waals surface area contributed by atoms with Crippen molar-refractivity contribution in [3.63, 3.8) is 0 Å². The van der Waals surface area contributed by atoms with E-state index in [-0.39, 0.29) is 0 Å². The maximum atomic E-state index is 4.44. The highest BCUT2D eigenvalue weighted by Gasteiger charge is 2.00. The van der Waals surface area contributed by atoms with Gasteiger partial charge in [0.2, 0.25) is 5.95 Å². The fourth-order valence-corrected chi connectivity index (χ4v) is 1.57. The summed E-state index contributed by atoms with van der Waals surface area (Å²) in [7, 11) is 0. The van der Waals surface area contributed by atoms with Crippen LogP contribution >= 0.6 is 0 Å². The van der Waals surface area contributed by atoms with E-state index in [0.29, 0.717) is 0 Å². The molecule has 0 aliphatic heterocycles. The summed E-state index contributed by atoms with van der Waals surface area (Å²) in [6, 6.07) is 1.99. The Morgan fingerprint density at radius 1 is 1.00 bits per heavy atom. The van der Waals surface area contributed by atoms with Gasteiger partial charge in [-0.15, -0.1) is 0 Å². The Hall–Kier alpha value is -1.32. The highest BCUT2D eigenvalue weighted by Crippen LogP contribution is 2.09. The van der Waals surface area contributed by atoms with Gasteiger partial charge in [-0.1, -0.05) is 26.7 Å². The van der Waals surface area contributed by atoms with E-state index in [1.54, 1.807) is 0 Å². The lowest BCUT2D eigenvalue weighted by molar-refractivity contribution is 0.742. The summed E-state index contributed by atoms with van der Waals surface area (Å²) in [5, 5.41) is 6.56. The second-order valence-electron chi connectivity index (χ2n) is 4.28. The van der Waals surface area contributed by atoms with E-state index in [4.69, 9.17) is 0 Å². The summed E-state index contributed by atoms with van der Waals surface area (Å²) >= 11 is 0. The van der Waals surface area contributed by atoms with Crippen LogP contribution in [0, 0.1) is 6.92 Å². The molecule has 96 valence electrons. The SMILES string of the molecule is CCCCCNc1cc(C)nc(NCCC)n1. The molecule has 0 fully saturated rings. The van der Waals surface area contributed by atoms with E-state index >= 15 is 0 Å². The Morgan fingerprint density at radius 3 is 2.53 bits per heavy atom. The van der Waals surface area contributed by atoms with E-state index < -0.39 is 0 Å². The van der Waals surface area contributed by atoms with Gasteiger partial charge in [-0.05, 0) is 19.8 Å². The molecule has 0 atom stereocenters. The van der Waals surface area contributed by atoms with Gasteiger partial charge < -0.3 is 10.6 Å². The molecule has 0 saturated carbocycles. The van der Waals surface area contributed by atoms with Gasteiger partial charge in [0.25, 0.3) is 0 Å². The van der Waals surface area contributed by atoms with Crippen molar-refractivity contribution in [2.45, 2.75) is 46.5 Å². The summed E-state index contributed by atoms with van der Waals surface area (Å²) in [5.74, 6) is 1.65. The predicted molar refractivity (Wildman–Crippen MR) is 73.6 cm³/mol. The lowest BCUT2D eigenvalue weighted by Crippen LogP contribution is -2.09. The normalized spacial score (nSPS) is 10.3. The quantitative estimate of drug-likeness (QED) is 0.680. The second-order valence-corrected chi connectivity index (χ2v) is 4.28. The number of nitrogens with zero attached hydrogens (tertiary/aromatic N) is 2. The summed E-state index contributed by atoms with van der Waals surface area (Å²) in [4.78, 5) is 8.79. The third-order valence-corrected chi connectivity index (χ3v) is 2.47. The summed E-state index contributed by atoms with van der Waals surface area (Å²) in [6.45, 7) is 8.24. The molecule has 1 aromatic heterocycles. The van der Waals surface area contributed by atoms with Gasteiger partial charge in [0.05, 0.1) is 0 Å². The summed E-state index contributed by atoms with van der Waals surface area (Å²) in [5.41, 5.74) is 0.997. The first kappa shape index (κ1) is 13.7. The molecule has 1 heterocycles. The molecule has 0 aliphatic carbocycles. The van der Waals surface area contributed by atoms with Gasteiger partial charge in [-0.3, -0.25) is 0 Å². The molecule has 0 bridgehead atoms. The highest BCUT2D eigenvalue weighted by atomic mass is 15.1. The van der Waals surface area contributed by atoms with Crippen molar-refractivity contribution in [3.05, 3.63) is 11.8 Å². The second kappa shape index (κ2) is 7.87. The number of rotatable bonds is 8. The Bertz CT molecular complexity index is 325. The van der Waals surface area contributed by atoms with Gasteiger partial charge >= 0.3 is 0 Å².